The number of fused-ring (bicyclic) bond motifs is 2. The third-order valence-corrected chi connectivity index (χ3v) is 7.59. The highest BCUT2D eigenvalue weighted by Gasteiger charge is 2.53. The van der Waals surface area contributed by atoms with Crippen molar-refractivity contribution in [1.82, 2.24) is 14.5 Å². The molecule has 0 unspecified atom stereocenters. The summed E-state index contributed by atoms with van der Waals surface area (Å²) in [7, 11) is 3.85. The fraction of sp³-hybridized carbons (Fsp3) is 0.480. The molecular weight excluding hydrogens is 374 g/mol. The van der Waals surface area contributed by atoms with Crippen LogP contribution in [-0.2, 0) is 19.2 Å². The SMILES string of the molecule is COc1ccc2c(c1)c(CN1C[C@@H]3CC[C@@](O)(c4ccc(C)cn4)[C@@H]3C1)c(C)n2C. The van der Waals surface area contributed by atoms with Gasteiger partial charge in [0.1, 0.15) is 11.4 Å². The van der Waals surface area contributed by atoms with Crippen molar-refractivity contribution in [3.05, 3.63) is 59.0 Å². The molecule has 158 valence electrons. The van der Waals surface area contributed by atoms with Crippen molar-refractivity contribution in [3.8, 4) is 5.75 Å². The van der Waals surface area contributed by atoms with Gasteiger partial charge in [-0.1, -0.05) is 6.07 Å². The van der Waals surface area contributed by atoms with Crippen molar-refractivity contribution in [3.63, 3.8) is 0 Å². The van der Waals surface area contributed by atoms with Gasteiger partial charge in [-0.25, -0.2) is 0 Å². The molecule has 1 saturated heterocycles. The smallest absolute Gasteiger partial charge is 0.119 e. The average Bonchev–Trinajstić information content (AvgIpc) is 3.37. The summed E-state index contributed by atoms with van der Waals surface area (Å²) in [5.74, 6) is 1.67. The number of likely N-dealkylation sites (tertiary alicyclic amines) is 1. The van der Waals surface area contributed by atoms with Gasteiger partial charge >= 0.3 is 0 Å². The van der Waals surface area contributed by atoms with Gasteiger partial charge in [-0.15, -0.1) is 0 Å². The maximum Gasteiger partial charge on any atom is 0.119 e. The Balaban J connectivity index is 1.42. The summed E-state index contributed by atoms with van der Waals surface area (Å²) in [5.41, 5.74) is 5.07. The van der Waals surface area contributed by atoms with Crippen molar-refractivity contribution in [1.29, 1.82) is 0 Å². The second-order valence-corrected chi connectivity index (χ2v) is 9.25. The minimum absolute atomic E-state index is 0.248. The lowest BCUT2D eigenvalue weighted by Gasteiger charge is -2.30. The molecule has 0 amide bonds. The van der Waals surface area contributed by atoms with Crippen LogP contribution in [0, 0.1) is 25.7 Å². The number of aryl methyl sites for hydroxylation is 2. The summed E-state index contributed by atoms with van der Waals surface area (Å²) in [4.78, 5) is 7.12. The number of aromatic nitrogens is 2. The second-order valence-electron chi connectivity index (χ2n) is 9.25. The van der Waals surface area contributed by atoms with Crippen molar-refractivity contribution in [2.24, 2.45) is 18.9 Å². The van der Waals surface area contributed by atoms with Crippen LogP contribution in [0.1, 0.15) is 35.4 Å². The standard InChI is InChI=1S/C25H31N3O2/c1-16-5-8-24(26-12-16)25(29)10-9-18-13-28(15-22(18)25)14-21-17(2)27(3)23-7-6-19(30-4)11-20(21)23/h5-8,11-12,18,22,29H,9-10,13-15H2,1-4H3/t18-,22+,25-/m0/s1. The first-order chi connectivity index (χ1) is 14.4. The minimum atomic E-state index is -0.801. The number of benzene rings is 1. The van der Waals surface area contributed by atoms with E-state index in [1.807, 2.05) is 25.3 Å². The van der Waals surface area contributed by atoms with Crippen LogP contribution >= 0.6 is 0 Å². The Morgan fingerprint density at radius 2 is 2.03 bits per heavy atom. The highest BCUT2D eigenvalue weighted by molar-refractivity contribution is 5.86. The first-order valence-electron chi connectivity index (χ1n) is 10.9. The predicted octanol–water partition coefficient (Wildman–Crippen LogP) is 3.93. The molecule has 1 aliphatic carbocycles. The number of nitrogens with zero attached hydrogens (tertiary/aromatic N) is 3. The summed E-state index contributed by atoms with van der Waals surface area (Å²) in [6.07, 6.45) is 3.76. The molecule has 3 atom stereocenters. The zero-order chi connectivity index (χ0) is 21.0. The lowest BCUT2D eigenvalue weighted by Crippen LogP contribution is -2.35. The quantitative estimate of drug-likeness (QED) is 0.715. The predicted molar refractivity (Wildman–Crippen MR) is 119 cm³/mol. The maximum absolute atomic E-state index is 11.6. The van der Waals surface area contributed by atoms with Gasteiger partial charge in [0.15, 0.2) is 0 Å². The van der Waals surface area contributed by atoms with Gasteiger partial charge in [0, 0.05) is 55.4 Å². The lowest BCUT2D eigenvalue weighted by atomic mass is 9.85. The van der Waals surface area contributed by atoms with Gasteiger partial charge in [-0.05, 0) is 68.0 Å². The molecule has 30 heavy (non-hydrogen) atoms. The topological polar surface area (TPSA) is 50.5 Å². The second kappa shape index (κ2) is 7.10. The zero-order valence-electron chi connectivity index (χ0n) is 18.4. The van der Waals surface area contributed by atoms with Gasteiger partial charge in [0.25, 0.3) is 0 Å². The summed E-state index contributed by atoms with van der Waals surface area (Å²) in [6, 6.07) is 10.4. The Morgan fingerprint density at radius 3 is 2.77 bits per heavy atom. The van der Waals surface area contributed by atoms with Crippen LogP contribution in [0.2, 0.25) is 0 Å². The molecule has 5 rings (SSSR count). The lowest BCUT2D eigenvalue weighted by molar-refractivity contribution is -0.0108. The average molecular weight is 406 g/mol. The van der Waals surface area contributed by atoms with E-state index < -0.39 is 5.60 Å². The van der Waals surface area contributed by atoms with E-state index in [0.717, 1.165) is 49.5 Å². The molecule has 0 bridgehead atoms. The molecule has 2 aliphatic rings. The van der Waals surface area contributed by atoms with E-state index in [4.69, 9.17) is 4.74 Å². The number of pyridine rings is 1. The molecule has 1 N–H and O–H groups in total. The van der Waals surface area contributed by atoms with Crippen molar-refractivity contribution < 1.29 is 9.84 Å². The first-order valence-corrected chi connectivity index (χ1v) is 10.9. The molecule has 5 nitrogen and oxygen atoms in total. The van der Waals surface area contributed by atoms with Crippen LogP contribution < -0.4 is 4.74 Å². The molecule has 3 heterocycles. The third kappa shape index (κ3) is 2.95. The van der Waals surface area contributed by atoms with Crippen LogP contribution in [-0.4, -0.2) is 39.8 Å². The van der Waals surface area contributed by atoms with E-state index >= 15 is 0 Å². The summed E-state index contributed by atoms with van der Waals surface area (Å²) < 4.78 is 7.75. The monoisotopic (exact) mass is 405 g/mol. The molecule has 2 fully saturated rings. The number of hydrogen-bond donors (Lipinski definition) is 1. The normalized spacial score (nSPS) is 26.4. The van der Waals surface area contributed by atoms with Crippen LogP contribution in [0.15, 0.2) is 36.5 Å². The van der Waals surface area contributed by atoms with Crippen molar-refractivity contribution >= 4 is 10.9 Å². The van der Waals surface area contributed by atoms with Crippen LogP contribution in [0.25, 0.3) is 10.9 Å². The van der Waals surface area contributed by atoms with Crippen LogP contribution in [0.3, 0.4) is 0 Å². The largest absolute Gasteiger partial charge is 0.497 e. The number of ether oxygens (including phenoxy) is 1. The van der Waals surface area contributed by atoms with Crippen molar-refractivity contribution in [2.45, 2.75) is 38.8 Å². The number of methoxy groups -OCH3 is 1. The van der Waals surface area contributed by atoms with Crippen molar-refractivity contribution in [2.75, 3.05) is 20.2 Å². The van der Waals surface area contributed by atoms with E-state index in [-0.39, 0.29) is 5.92 Å². The Kier molecular flexibility index (Phi) is 4.64. The summed E-state index contributed by atoms with van der Waals surface area (Å²) in [6.45, 7) is 7.10. The highest BCUT2D eigenvalue weighted by atomic mass is 16.5. The van der Waals surface area contributed by atoms with Gasteiger partial charge in [0.05, 0.1) is 12.8 Å². The molecule has 3 aromatic rings. The van der Waals surface area contributed by atoms with Gasteiger partial charge in [-0.3, -0.25) is 9.88 Å². The number of rotatable bonds is 4. The molecule has 5 heteroatoms. The molecule has 2 aromatic heterocycles. The fourth-order valence-corrected chi connectivity index (χ4v) is 5.73. The molecule has 1 saturated carbocycles. The van der Waals surface area contributed by atoms with E-state index in [1.54, 1.807) is 7.11 Å². The van der Waals surface area contributed by atoms with E-state index in [9.17, 15) is 5.11 Å². The summed E-state index contributed by atoms with van der Waals surface area (Å²) in [5, 5.41) is 12.9. The zero-order valence-corrected chi connectivity index (χ0v) is 18.4. The van der Waals surface area contributed by atoms with Gasteiger partial charge < -0.3 is 14.4 Å². The van der Waals surface area contributed by atoms with E-state index in [0.29, 0.717) is 5.92 Å². The Hall–Kier alpha value is -2.37. The number of hydrogen-bond acceptors (Lipinski definition) is 4. The van der Waals surface area contributed by atoms with Gasteiger partial charge in [0.2, 0.25) is 0 Å². The van der Waals surface area contributed by atoms with Crippen LogP contribution in [0.4, 0.5) is 0 Å². The molecule has 0 radical (unpaired) electrons. The first kappa shape index (κ1) is 19.6. The molecular formula is C25H31N3O2. The molecule has 1 aliphatic heterocycles. The highest BCUT2D eigenvalue weighted by Crippen LogP contribution is 2.50. The Labute approximate surface area is 178 Å². The third-order valence-electron chi connectivity index (χ3n) is 7.59. The molecule has 1 aromatic carbocycles. The Bertz CT molecular complexity index is 1090. The maximum atomic E-state index is 11.6. The van der Waals surface area contributed by atoms with Gasteiger partial charge in [-0.2, -0.15) is 0 Å². The Morgan fingerprint density at radius 1 is 1.20 bits per heavy atom. The van der Waals surface area contributed by atoms with Crippen LogP contribution in [0.5, 0.6) is 5.75 Å². The van der Waals surface area contributed by atoms with E-state index in [2.05, 4.69) is 46.6 Å². The summed E-state index contributed by atoms with van der Waals surface area (Å²) >= 11 is 0. The minimum Gasteiger partial charge on any atom is -0.497 e. The molecule has 0 spiro atoms. The number of aliphatic hydroxyl groups is 1. The van der Waals surface area contributed by atoms with E-state index in [1.165, 1.54) is 22.2 Å². The fourth-order valence-electron chi connectivity index (χ4n) is 5.73.